The Morgan fingerprint density at radius 2 is 0.675 bits per heavy atom. The molecule has 4 heteroatoms. The summed E-state index contributed by atoms with van der Waals surface area (Å²) in [7, 11) is 0. The van der Waals surface area contributed by atoms with Crippen molar-refractivity contribution in [2.24, 2.45) is 5.73 Å². The van der Waals surface area contributed by atoms with Crippen LogP contribution in [0.5, 0.6) is 0 Å². The normalized spacial score (nSPS) is 14.2. The Labute approximate surface area is 263 Å². The highest BCUT2D eigenvalue weighted by Gasteiger charge is 2.36. The molecule has 0 rings (SSSR count). The standard InChI is InChI=1S/C36H74Cl2N2/c1-4-7-9-11-13-15-17-19-21-23-25-27-29-31-33-40(36(38,39)35(37)6-3)34-32-30-28-26-24-22-20-18-16-14-12-10-8-5-2/h35H,4-34,39H2,1-3H3. The van der Waals surface area contributed by atoms with Gasteiger partial charge in [-0.15, -0.1) is 11.6 Å². The fraction of sp³-hybridized carbons (Fsp3) is 1.00. The van der Waals surface area contributed by atoms with Crippen LogP contribution in [0.1, 0.15) is 207 Å². The molecule has 242 valence electrons. The summed E-state index contributed by atoms with van der Waals surface area (Å²) in [6.07, 6.45) is 39.5. The van der Waals surface area contributed by atoms with E-state index in [-0.39, 0.29) is 5.38 Å². The zero-order chi connectivity index (χ0) is 29.6. The number of alkyl halides is 2. The van der Waals surface area contributed by atoms with Gasteiger partial charge in [-0.1, -0.05) is 199 Å². The van der Waals surface area contributed by atoms with Gasteiger partial charge in [-0.05, 0) is 19.3 Å². The van der Waals surface area contributed by atoms with E-state index in [1.807, 2.05) is 0 Å². The van der Waals surface area contributed by atoms with Gasteiger partial charge in [0.05, 0.1) is 5.38 Å². The quantitative estimate of drug-likeness (QED) is 0.0349. The van der Waals surface area contributed by atoms with Crippen LogP contribution >= 0.6 is 23.2 Å². The first-order valence-electron chi connectivity index (χ1n) is 18.4. The van der Waals surface area contributed by atoms with Crippen molar-refractivity contribution < 1.29 is 0 Å². The number of nitrogens with zero attached hydrogens (tertiary/aromatic N) is 1. The molecule has 0 aliphatic carbocycles. The van der Waals surface area contributed by atoms with Gasteiger partial charge < -0.3 is 0 Å². The second-order valence-corrected chi connectivity index (χ2v) is 13.9. The minimum Gasteiger partial charge on any atom is -0.299 e. The van der Waals surface area contributed by atoms with Crippen molar-refractivity contribution in [3.05, 3.63) is 0 Å². The minimum absolute atomic E-state index is 0.215. The number of unbranched alkanes of at least 4 members (excludes halogenated alkanes) is 26. The van der Waals surface area contributed by atoms with Crippen molar-refractivity contribution in [2.75, 3.05) is 13.1 Å². The molecule has 0 bridgehead atoms. The van der Waals surface area contributed by atoms with Crippen molar-refractivity contribution in [1.29, 1.82) is 0 Å². The Kier molecular flexibility index (Phi) is 31.3. The second-order valence-electron chi connectivity index (χ2n) is 12.8. The molecule has 2 N–H and O–H groups in total. The van der Waals surface area contributed by atoms with Crippen LogP contribution in [0.25, 0.3) is 0 Å². The van der Waals surface area contributed by atoms with Crippen molar-refractivity contribution in [2.45, 2.75) is 217 Å². The first-order chi connectivity index (χ1) is 19.5. The predicted octanol–water partition coefficient (Wildman–Crippen LogP) is 13.1. The molecule has 0 spiro atoms. The summed E-state index contributed by atoms with van der Waals surface area (Å²) in [5.41, 5.74) is 6.58. The smallest absolute Gasteiger partial charge is 0.163 e. The van der Waals surface area contributed by atoms with Crippen LogP contribution in [0.4, 0.5) is 0 Å². The molecule has 0 aromatic rings. The third-order valence-corrected chi connectivity index (χ3v) is 10.1. The second kappa shape index (κ2) is 30.9. The highest BCUT2D eigenvalue weighted by molar-refractivity contribution is 6.31. The Morgan fingerprint density at radius 3 is 0.900 bits per heavy atom. The largest absolute Gasteiger partial charge is 0.299 e. The van der Waals surface area contributed by atoms with Gasteiger partial charge in [0, 0.05) is 13.1 Å². The summed E-state index contributed by atoms with van der Waals surface area (Å²) >= 11 is 13.4. The lowest BCUT2D eigenvalue weighted by atomic mass is 10.0. The van der Waals surface area contributed by atoms with Crippen LogP contribution < -0.4 is 5.73 Å². The zero-order valence-electron chi connectivity index (χ0n) is 27.8. The fourth-order valence-electron chi connectivity index (χ4n) is 5.93. The van der Waals surface area contributed by atoms with E-state index < -0.39 is 5.12 Å². The molecule has 2 unspecified atom stereocenters. The van der Waals surface area contributed by atoms with E-state index in [2.05, 4.69) is 25.7 Å². The molecule has 40 heavy (non-hydrogen) atoms. The number of hydrogen-bond acceptors (Lipinski definition) is 2. The number of halogens is 2. The summed E-state index contributed by atoms with van der Waals surface area (Å²) in [4.78, 5) is 2.29. The molecule has 0 aliphatic heterocycles. The van der Waals surface area contributed by atoms with Crippen molar-refractivity contribution in [3.63, 3.8) is 0 Å². The summed E-state index contributed by atoms with van der Waals surface area (Å²) in [5, 5.41) is -1.14. The highest BCUT2D eigenvalue weighted by Crippen LogP contribution is 2.27. The first-order valence-corrected chi connectivity index (χ1v) is 19.2. The molecule has 0 saturated carbocycles. The van der Waals surface area contributed by atoms with Crippen LogP contribution in [0.3, 0.4) is 0 Å². The third kappa shape index (κ3) is 25.0. The molecule has 2 nitrogen and oxygen atoms in total. The lowest BCUT2D eigenvalue weighted by molar-refractivity contribution is 0.151. The van der Waals surface area contributed by atoms with Gasteiger partial charge in [0.15, 0.2) is 5.12 Å². The maximum Gasteiger partial charge on any atom is 0.163 e. The summed E-state index contributed by atoms with van der Waals surface area (Å²) < 4.78 is 0. The first kappa shape index (κ1) is 40.5. The van der Waals surface area contributed by atoms with Crippen molar-refractivity contribution in [3.8, 4) is 0 Å². The van der Waals surface area contributed by atoms with Crippen LogP contribution in [0.2, 0.25) is 0 Å². The molecule has 0 heterocycles. The Hall–Kier alpha value is 0.500. The highest BCUT2D eigenvalue weighted by atomic mass is 35.5. The van der Waals surface area contributed by atoms with Gasteiger partial charge >= 0.3 is 0 Å². The molecular weight excluding hydrogens is 531 g/mol. The molecule has 0 amide bonds. The van der Waals surface area contributed by atoms with E-state index >= 15 is 0 Å². The summed E-state index contributed by atoms with van der Waals surface area (Å²) in [6.45, 7) is 8.61. The van der Waals surface area contributed by atoms with Crippen molar-refractivity contribution in [1.82, 2.24) is 4.90 Å². The van der Waals surface area contributed by atoms with Crippen LogP contribution in [0.15, 0.2) is 0 Å². The van der Waals surface area contributed by atoms with E-state index in [4.69, 9.17) is 28.9 Å². The monoisotopic (exact) mass is 605 g/mol. The molecule has 0 radical (unpaired) electrons. The molecule has 0 fully saturated rings. The van der Waals surface area contributed by atoms with Gasteiger partial charge in [-0.3, -0.25) is 10.6 Å². The summed E-state index contributed by atoms with van der Waals surface area (Å²) in [6, 6.07) is 0. The molecule has 0 saturated heterocycles. The lowest BCUT2D eigenvalue weighted by Gasteiger charge is -2.39. The van der Waals surface area contributed by atoms with Gasteiger partial charge in [-0.25, -0.2) is 0 Å². The molecule has 2 atom stereocenters. The number of hydrogen-bond donors (Lipinski definition) is 1. The summed E-state index contributed by atoms with van der Waals surface area (Å²) in [5.74, 6) is 0. The Morgan fingerprint density at radius 1 is 0.450 bits per heavy atom. The van der Waals surface area contributed by atoms with E-state index in [0.717, 1.165) is 19.5 Å². The van der Waals surface area contributed by atoms with Gasteiger partial charge in [-0.2, -0.15) is 0 Å². The molecular formula is C36H74Cl2N2. The SMILES string of the molecule is CCCCCCCCCCCCCCCCN(CCCCCCCCCCCCCCCC)C(N)(Cl)C(Cl)CC. The van der Waals surface area contributed by atoms with Gasteiger partial charge in [0.25, 0.3) is 0 Å². The van der Waals surface area contributed by atoms with Crippen LogP contribution in [-0.4, -0.2) is 28.5 Å². The van der Waals surface area contributed by atoms with E-state index in [1.54, 1.807) is 0 Å². The van der Waals surface area contributed by atoms with Crippen LogP contribution in [-0.2, 0) is 0 Å². The zero-order valence-corrected chi connectivity index (χ0v) is 29.3. The van der Waals surface area contributed by atoms with E-state index in [9.17, 15) is 0 Å². The predicted molar refractivity (Wildman–Crippen MR) is 185 cm³/mol. The van der Waals surface area contributed by atoms with Gasteiger partial charge in [0.2, 0.25) is 0 Å². The maximum atomic E-state index is 6.84. The van der Waals surface area contributed by atoms with E-state index in [0.29, 0.717) is 0 Å². The average Bonchev–Trinajstić information content (AvgIpc) is 2.95. The van der Waals surface area contributed by atoms with E-state index in [1.165, 1.54) is 180 Å². The molecule has 0 aromatic carbocycles. The van der Waals surface area contributed by atoms with Gasteiger partial charge in [0.1, 0.15) is 0 Å². The Balaban J connectivity index is 3.87. The molecule has 0 aromatic heterocycles. The fourth-order valence-corrected chi connectivity index (χ4v) is 6.39. The maximum absolute atomic E-state index is 6.84. The average molecular weight is 606 g/mol. The molecule has 0 aliphatic rings. The number of rotatable bonds is 33. The van der Waals surface area contributed by atoms with Crippen molar-refractivity contribution >= 4 is 23.2 Å². The number of nitrogens with two attached hydrogens (primary N) is 1. The Bertz CT molecular complexity index is 453. The topological polar surface area (TPSA) is 29.3 Å². The minimum atomic E-state index is -0.927. The third-order valence-electron chi connectivity index (χ3n) is 8.85. The van der Waals surface area contributed by atoms with Crippen LogP contribution in [0, 0.1) is 0 Å². The lowest BCUT2D eigenvalue weighted by Crippen LogP contribution is -2.58.